The molecule has 1 rings (SSSR count). The predicted octanol–water partition coefficient (Wildman–Crippen LogP) is 3.46. The van der Waals surface area contributed by atoms with Gasteiger partial charge in [0.2, 0.25) is 5.91 Å². The summed E-state index contributed by atoms with van der Waals surface area (Å²) in [5.41, 5.74) is 0. The average Bonchev–Trinajstić information content (AvgIpc) is 2.25. The fourth-order valence-electron chi connectivity index (χ4n) is 2.52. The Kier molecular flexibility index (Phi) is 5.30. The summed E-state index contributed by atoms with van der Waals surface area (Å²) >= 11 is 0. The summed E-state index contributed by atoms with van der Waals surface area (Å²) in [5.74, 6) is 1.61. The van der Waals surface area contributed by atoms with Crippen molar-refractivity contribution >= 4 is 5.91 Å². The zero-order valence-electron chi connectivity index (χ0n) is 11.3. The second-order valence-corrected chi connectivity index (χ2v) is 5.83. The van der Waals surface area contributed by atoms with E-state index in [4.69, 9.17) is 0 Å². The molecular weight excluding hydrogens is 198 g/mol. The van der Waals surface area contributed by atoms with E-state index >= 15 is 0 Å². The molecule has 0 saturated carbocycles. The normalized spacial score (nSPS) is 21.9. The van der Waals surface area contributed by atoms with E-state index in [1.165, 1.54) is 19.3 Å². The Hall–Kier alpha value is -0.530. The van der Waals surface area contributed by atoms with Gasteiger partial charge < -0.3 is 4.90 Å². The third-order valence-electron chi connectivity index (χ3n) is 3.57. The third kappa shape index (κ3) is 3.80. The zero-order valence-corrected chi connectivity index (χ0v) is 11.3. The van der Waals surface area contributed by atoms with E-state index in [1.807, 2.05) is 0 Å². The van der Waals surface area contributed by atoms with Gasteiger partial charge >= 0.3 is 0 Å². The highest BCUT2D eigenvalue weighted by Gasteiger charge is 2.28. The van der Waals surface area contributed by atoms with Crippen molar-refractivity contribution in [1.82, 2.24) is 4.90 Å². The number of piperidine rings is 1. The van der Waals surface area contributed by atoms with Crippen LogP contribution in [-0.4, -0.2) is 23.4 Å². The minimum absolute atomic E-state index is 0.382. The summed E-state index contributed by atoms with van der Waals surface area (Å²) in [6.45, 7) is 9.82. The summed E-state index contributed by atoms with van der Waals surface area (Å²) in [7, 11) is 0. The van der Waals surface area contributed by atoms with E-state index in [1.54, 1.807) is 0 Å². The minimum Gasteiger partial charge on any atom is -0.339 e. The number of amides is 1. The largest absolute Gasteiger partial charge is 0.339 e. The van der Waals surface area contributed by atoms with Crippen LogP contribution in [0.25, 0.3) is 0 Å². The van der Waals surface area contributed by atoms with Gasteiger partial charge in [0.05, 0.1) is 0 Å². The van der Waals surface area contributed by atoms with Crippen molar-refractivity contribution in [2.24, 2.45) is 11.8 Å². The van der Waals surface area contributed by atoms with E-state index < -0.39 is 0 Å². The van der Waals surface area contributed by atoms with Crippen LogP contribution in [0.15, 0.2) is 0 Å². The molecule has 1 amide bonds. The lowest BCUT2D eigenvalue weighted by molar-refractivity contribution is -0.136. The van der Waals surface area contributed by atoms with Crippen LogP contribution in [0.1, 0.15) is 59.8 Å². The SMILES string of the molecule is CC(C)CCC(=O)N1CCCCC1C(C)C. The first-order valence-electron chi connectivity index (χ1n) is 6.81. The van der Waals surface area contributed by atoms with Crippen molar-refractivity contribution < 1.29 is 4.79 Å². The minimum atomic E-state index is 0.382. The fourth-order valence-corrected chi connectivity index (χ4v) is 2.52. The van der Waals surface area contributed by atoms with Gasteiger partial charge in [0.15, 0.2) is 0 Å². The molecule has 0 aliphatic carbocycles. The van der Waals surface area contributed by atoms with Crippen LogP contribution in [0.4, 0.5) is 0 Å². The van der Waals surface area contributed by atoms with Crippen LogP contribution in [0, 0.1) is 11.8 Å². The highest BCUT2D eigenvalue weighted by Crippen LogP contribution is 2.24. The molecule has 1 saturated heterocycles. The van der Waals surface area contributed by atoms with Crippen LogP contribution in [0.5, 0.6) is 0 Å². The van der Waals surface area contributed by atoms with Crippen LogP contribution in [0.2, 0.25) is 0 Å². The third-order valence-corrected chi connectivity index (χ3v) is 3.57. The molecule has 1 fully saturated rings. The standard InChI is InChI=1S/C14H27NO/c1-11(2)8-9-14(16)15-10-6-5-7-13(15)12(3)4/h11-13H,5-10H2,1-4H3. The molecule has 1 atom stereocenters. The molecule has 0 bridgehead atoms. The highest BCUT2D eigenvalue weighted by atomic mass is 16.2. The lowest BCUT2D eigenvalue weighted by Crippen LogP contribution is -2.46. The monoisotopic (exact) mass is 225 g/mol. The van der Waals surface area contributed by atoms with Gasteiger partial charge in [0, 0.05) is 19.0 Å². The van der Waals surface area contributed by atoms with E-state index in [2.05, 4.69) is 32.6 Å². The van der Waals surface area contributed by atoms with E-state index in [-0.39, 0.29) is 0 Å². The van der Waals surface area contributed by atoms with Crippen LogP contribution in [-0.2, 0) is 4.79 Å². The van der Waals surface area contributed by atoms with Crippen molar-refractivity contribution in [3.8, 4) is 0 Å². The maximum Gasteiger partial charge on any atom is 0.222 e. The number of carbonyl (C=O) groups excluding carboxylic acids is 1. The van der Waals surface area contributed by atoms with Crippen molar-refractivity contribution in [1.29, 1.82) is 0 Å². The first kappa shape index (κ1) is 13.5. The molecule has 2 heteroatoms. The molecule has 94 valence electrons. The van der Waals surface area contributed by atoms with Gasteiger partial charge in [0.25, 0.3) is 0 Å². The van der Waals surface area contributed by atoms with Crippen molar-refractivity contribution in [3.63, 3.8) is 0 Å². The fraction of sp³-hybridized carbons (Fsp3) is 0.929. The molecule has 0 N–H and O–H groups in total. The Morgan fingerprint density at radius 3 is 2.50 bits per heavy atom. The molecule has 1 heterocycles. The Balaban J connectivity index is 2.50. The van der Waals surface area contributed by atoms with Gasteiger partial charge in [-0.05, 0) is 37.5 Å². The van der Waals surface area contributed by atoms with Gasteiger partial charge in [-0.15, -0.1) is 0 Å². The first-order chi connectivity index (χ1) is 7.52. The second-order valence-electron chi connectivity index (χ2n) is 5.83. The molecule has 1 aliphatic heterocycles. The summed E-state index contributed by atoms with van der Waals surface area (Å²) in [4.78, 5) is 14.3. The molecule has 0 aromatic carbocycles. The topological polar surface area (TPSA) is 20.3 Å². The number of rotatable bonds is 4. The highest BCUT2D eigenvalue weighted by molar-refractivity contribution is 5.76. The Morgan fingerprint density at radius 1 is 1.25 bits per heavy atom. The maximum atomic E-state index is 12.1. The molecule has 1 unspecified atom stereocenters. The van der Waals surface area contributed by atoms with E-state index in [0.29, 0.717) is 23.8 Å². The first-order valence-corrected chi connectivity index (χ1v) is 6.81. The average molecular weight is 225 g/mol. The molecule has 0 aromatic heterocycles. The van der Waals surface area contributed by atoms with Gasteiger partial charge in [0.1, 0.15) is 0 Å². The Bertz CT molecular complexity index is 223. The number of nitrogens with zero attached hydrogens (tertiary/aromatic N) is 1. The van der Waals surface area contributed by atoms with Crippen LogP contribution < -0.4 is 0 Å². The smallest absolute Gasteiger partial charge is 0.222 e. The molecule has 0 radical (unpaired) electrons. The quantitative estimate of drug-likeness (QED) is 0.717. The number of likely N-dealkylation sites (tertiary alicyclic amines) is 1. The Labute approximate surface area is 100 Å². The summed E-state index contributed by atoms with van der Waals surface area (Å²) < 4.78 is 0. The lowest BCUT2D eigenvalue weighted by atomic mass is 9.92. The van der Waals surface area contributed by atoms with Crippen molar-refractivity contribution in [3.05, 3.63) is 0 Å². The lowest BCUT2D eigenvalue weighted by Gasteiger charge is -2.38. The van der Waals surface area contributed by atoms with Crippen LogP contribution in [0.3, 0.4) is 0 Å². The van der Waals surface area contributed by atoms with Gasteiger partial charge in [-0.25, -0.2) is 0 Å². The number of carbonyl (C=O) groups is 1. The molecule has 1 aliphatic rings. The molecule has 0 aromatic rings. The van der Waals surface area contributed by atoms with Crippen molar-refractivity contribution in [2.75, 3.05) is 6.54 Å². The molecule has 0 spiro atoms. The van der Waals surface area contributed by atoms with Gasteiger partial charge in [-0.2, -0.15) is 0 Å². The zero-order chi connectivity index (χ0) is 12.1. The number of hydrogen-bond donors (Lipinski definition) is 0. The van der Waals surface area contributed by atoms with Gasteiger partial charge in [-0.1, -0.05) is 27.7 Å². The van der Waals surface area contributed by atoms with Crippen molar-refractivity contribution in [2.45, 2.75) is 65.8 Å². The summed E-state index contributed by atoms with van der Waals surface area (Å²) in [6, 6.07) is 0.494. The predicted molar refractivity (Wildman–Crippen MR) is 68.3 cm³/mol. The summed E-state index contributed by atoms with van der Waals surface area (Å²) in [6.07, 6.45) is 5.44. The van der Waals surface area contributed by atoms with E-state index in [0.717, 1.165) is 19.4 Å². The summed E-state index contributed by atoms with van der Waals surface area (Å²) in [5, 5.41) is 0. The molecule has 2 nitrogen and oxygen atoms in total. The molecular formula is C14H27NO. The van der Waals surface area contributed by atoms with Crippen LogP contribution >= 0.6 is 0 Å². The Morgan fingerprint density at radius 2 is 1.94 bits per heavy atom. The van der Waals surface area contributed by atoms with E-state index in [9.17, 15) is 4.79 Å². The second kappa shape index (κ2) is 6.27. The molecule has 16 heavy (non-hydrogen) atoms. The van der Waals surface area contributed by atoms with Gasteiger partial charge in [-0.3, -0.25) is 4.79 Å². The maximum absolute atomic E-state index is 12.1. The number of hydrogen-bond acceptors (Lipinski definition) is 1.